The number of nitrogens with zero attached hydrogens (tertiary/aromatic N) is 5. The second-order valence-electron chi connectivity index (χ2n) is 8.30. The second-order valence-corrected chi connectivity index (χ2v) is 8.30. The number of nitrogens with one attached hydrogen (secondary N) is 1. The maximum absolute atomic E-state index is 6.20. The SMILES string of the molecule is c1cc2oc(-c3cnc4ccc(OC[C@H]5CCCCN5)nn34)cc2c(N2CCOCC2)n1. The molecule has 2 saturated heterocycles. The van der Waals surface area contributed by atoms with Gasteiger partial charge in [0.2, 0.25) is 5.88 Å². The standard InChI is InChI=1S/C23H26N6O3/c1-2-7-24-16(3-1)15-31-22-5-4-21-26-14-18(29(21)27-22)20-13-17-19(32-20)6-8-25-23(17)28-9-11-30-12-10-28/h4-6,8,13-14,16,24H,1-3,7,9-12,15H2/t16-/m1/s1. The molecule has 0 spiro atoms. The molecule has 0 aromatic carbocycles. The molecule has 2 aliphatic heterocycles. The highest BCUT2D eigenvalue weighted by atomic mass is 16.5. The molecule has 0 amide bonds. The third kappa shape index (κ3) is 3.67. The summed E-state index contributed by atoms with van der Waals surface area (Å²) in [6, 6.07) is 8.09. The van der Waals surface area contributed by atoms with Crippen molar-refractivity contribution < 1.29 is 13.9 Å². The molecular weight excluding hydrogens is 408 g/mol. The third-order valence-electron chi connectivity index (χ3n) is 6.17. The van der Waals surface area contributed by atoms with E-state index in [1.54, 1.807) is 16.9 Å². The van der Waals surface area contributed by atoms with Crippen molar-refractivity contribution in [2.45, 2.75) is 25.3 Å². The molecular formula is C23H26N6O3. The van der Waals surface area contributed by atoms with Gasteiger partial charge in [0.15, 0.2) is 11.4 Å². The van der Waals surface area contributed by atoms with E-state index in [9.17, 15) is 0 Å². The van der Waals surface area contributed by atoms with Crippen molar-refractivity contribution in [2.24, 2.45) is 0 Å². The lowest BCUT2D eigenvalue weighted by molar-refractivity contribution is 0.122. The topological polar surface area (TPSA) is 90.0 Å². The molecule has 1 atom stereocenters. The van der Waals surface area contributed by atoms with Gasteiger partial charge in [0.1, 0.15) is 23.7 Å². The number of morpholine rings is 1. The number of pyridine rings is 1. The average molecular weight is 435 g/mol. The highest BCUT2D eigenvalue weighted by Crippen LogP contribution is 2.33. The molecule has 4 aromatic heterocycles. The molecule has 0 unspecified atom stereocenters. The molecule has 6 heterocycles. The first-order chi connectivity index (χ1) is 15.8. The van der Waals surface area contributed by atoms with Gasteiger partial charge in [-0.1, -0.05) is 6.42 Å². The van der Waals surface area contributed by atoms with Gasteiger partial charge in [0.05, 0.1) is 24.8 Å². The van der Waals surface area contributed by atoms with Gasteiger partial charge in [-0.25, -0.2) is 14.5 Å². The fourth-order valence-corrected chi connectivity index (χ4v) is 4.46. The van der Waals surface area contributed by atoms with Crippen LogP contribution in [0.2, 0.25) is 0 Å². The highest BCUT2D eigenvalue weighted by molar-refractivity contribution is 5.92. The van der Waals surface area contributed by atoms with Gasteiger partial charge < -0.3 is 24.1 Å². The van der Waals surface area contributed by atoms with Gasteiger partial charge in [-0.3, -0.25) is 0 Å². The summed E-state index contributed by atoms with van der Waals surface area (Å²) in [4.78, 5) is 11.4. The Bertz CT molecular complexity index is 1220. The first kappa shape index (κ1) is 19.5. The lowest BCUT2D eigenvalue weighted by Gasteiger charge is -2.28. The molecule has 0 aliphatic carbocycles. The van der Waals surface area contributed by atoms with E-state index in [4.69, 9.17) is 13.9 Å². The Morgan fingerprint density at radius 2 is 2.06 bits per heavy atom. The molecule has 1 N–H and O–H groups in total. The van der Waals surface area contributed by atoms with Crippen molar-refractivity contribution in [3.05, 3.63) is 36.7 Å². The number of anilines is 1. The Kier molecular flexibility index (Phi) is 5.12. The van der Waals surface area contributed by atoms with Crippen LogP contribution in [0.15, 0.2) is 41.1 Å². The molecule has 6 rings (SSSR count). The summed E-state index contributed by atoms with van der Waals surface area (Å²) >= 11 is 0. The number of imidazole rings is 1. The molecule has 4 aromatic rings. The molecule has 9 heteroatoms. The van der Waals surface area contributed by atoms with Crippen LogP contribution in [0, 0.1) is 0 Å². The van der Waals surface area contributed by atoms with Crippen LogP contribution in [0.25, 0.3) is 28.1 Å². The predicted octanol–water partition coefficient (Wildman–Crippen LogP) is 2.89. The van der Waals surface area contributed by atoms with Crippen LogP contribution in [-0.4, -0.2) is 65.1 Å². The summed E-state index contributed by atoms with van der Waals surface area (Å²) in [5.74, 6) is 2.20. The monoisotopic (exact) mass is 434 g/mol. The van der Waals surface area contributed by atoms with E-state index in [1.165, 1.54) is 12.8 Å². The molecule has 0 radical (unpaired) electrons. The Labute approximate surface area is 185 Å². The summed E-state index contributed by atoms with van der Waals surface area (Å²) in [5.41, 5.74) is 2.32. The molecule has 9 nitrogen and oxygen atoms in total. The lowest BCUT2D eigenvalue weighted by Crippen LogP contribution is -2.38. The lowest BCUT2D eigenvalue weighted by atomic mass is 10.1. The zero-order valence-electron chi connectivity index (χ0n) is 17.9. The van der Waals surface area contributed by atoms with Crippen molar-refractivity contribution in [3.8, 4) is 17.3 Å². The van der Waals surface area contributed by atoms with Crippen molar-refractivity contribution in [1.29, 1.82) is 0 Å². The van der Waals surface area contributed by atoms with Crippen LogP contribution >= 0.6 is 0 Å². The summed E-state index contributed by atoms with van der Waals surface area (Å²) in [6.07, 6.45) is 7.19. The van der Waals surface area contributed by atoms with Gasteiger partial charge in [-0.2, -0.15) is 0 Å². The van der Waals surface area contributed by atoms with Crippen molar-refractivity contribution in [3.63, 3.8) is 0 Å². The van der Waals surface area contributed by atoms with E-state index in [0.29, 0.717) is 37.5 Å². The van der Waals surface area contributed by atoms with Crippen LogP contribution in [0.1, 0.15) is 19.3 Å². The zero-order chi connectivity index (χ0) is 21.3. The Morgan fingerprint density at radius 1 is 1.12 bits per heavy atom. The predicted molar refractivity (Wildman–Crippen MR) is 120 cm³/mol. The summed E-state index contributed by atoms with van der Waals surface area (Å²) < 4.78 is 19.5. The molecule has 0 bridgehead atoms. The minimum absolute atomic E-state index is 0.380. The van der Waals surface area contributed by atoms with Crippen LogP contribution in [0.3, 0.4) is 0 Å². The van der Waals surface area contributed by atoms with Gasteiger partial charge in [-0.15, -0.1) is 5.10 Å². The Morgan fingerprint density at radius 3 is 2.94 bits per heavy atom. The quantitative estimate of drug-likeness (QED) is 0.513. The normalized spacial score (nSPS) is 19.6. The van der Waals surface area contributed by atoms with Crippen molar-refractivity contribution in [1.82, 2.24) is 24.9 Å². The first-order valence-electron chi connectivity index (χ1n) is 11.3. The number of aromatic nitrogens is 4. The van der Waals surface area contributed by atoms with Crippen LogP contribution < -0.4 is 15.0 Å². The van der Waals surface area contributed by atoms with E-state index >= 15 is 0 Å². The minimum Gasteiger partial charge on any atom is -0.475 e. The largest absolute Gasteiger partial charge is 0.475 e. The summed E-state index contributed by atoms with van der Waals surface area (Å²) in [7, 11) is 0. The van der Waals surface area contributed by atoms with E-state index < -0.39 is 0 Å². The van der Waals surface area contributed by atoms with Crippen molar-refractivity contribution in [2.75, 3.05) is 44.4 Å². The van der Waals surface area contributed by atoms with Gasteiger partial charge >= 0.3 is 0 Å². The number of hydrogen-bond donors (Lipinski definition) is 1. The van der Waals surface area contributed by atoms with Crippen LogP contribution in [0.5, 0.6) is 5.88 Å². The van der Waals surface area contributed by atoms with Gasteiger partial charge in [0, 0.05) is 31.4 Å². The Hall–Kier alpha value is -3.17. The summed E-state index contributed by atoms with van der Waals surface area (Å²) in [5, 5.41) is 9.16. The summed E-state index contributed by atoms with van der Waals surface area (Å²) in [6.45, 7) is 4.72. The smallest absolute Gasteiger partial charge is 0.231 e. The van der Waals surface area contributed by atoms with E-state index in [2.05, 4.69) is 25.3 Å². The van der Waals surface area contributed by atoms with E-state index in [-0.39, 0.29) is 0 Å². The number of fused-ring (bicyclic) bond motifs is 2. The molecule has 32 heavy (non-hydrogen) atoms. The molecule has 2 aliphatic rings. The average Bonchev–Trinajstić information content (AvgIpc) is 3.47. The molecule has 166 valence electrons. The van der Waals surface area contributed by atoms with Gasteiger partial charge in [0.25, 0.3) is 0 Å². The minimum atomic E-state index is 0.380. The number of ether oxygens (including phenoxy) is 2. The van der Waals surface area contributed by atoms with Crippen molar-refractivity contribution >= 4 is 22.4 Å². The number of furan rings is 1. The zero-order valence-corrected chi connectivity index (χ0v) is 17.9. The molecule has 2 fully saturated rings. The van der Waals surface area contributed by atoms with E-state index in [0.717, 1.165) is 54.2 Å². The highest BCUT2D eigenvalue weighted by Gasteiger charge is 2.20. The van der Waals surface area contributed by atoms with Crippen LogP contribution in [-0.2, 0) is 4.74 Å². The van der Waals surface area contributed by atoms with Crippen LogP contribution in [0.4, 0.5) is 5.82 Å². The van der Waals surface area contributed by atoms with Gasteiger partial charge in [-0.05, 0) is 37.6 Å². The first-order valence-corrected chi connectivity index (χ1v) is 11.3. The number of piperidine rings is 1. The second kappa shape index (κ2) is 8.40. The Balaban J connectivity index is 1.31. The fourth-order valence-electron chi connectivity index (χ4n) is 4.46. The van der Waals surface area contributed by atoms with E-state index in [1.807, 2.05) is 24.3 Å². The maximum Gasteiger partial charge on any atom is 0.231 e. The third-order valence-corrected chi connectivity index (χ3v) is 6.17. The number of rotatable bonds is 5. The number of hydrogen-bond acceptors (Lipinski definition) is 8. The molecule has 0 saturated carbocycles. The fraction of sp³-hybridized carbons (Fsp3) is 0.435. The maximum atomic E-state index is 6.20.